The zero-order valence-corrected chi connectivity index (χ0v) is 15.8. The molecule has 1 amide bonds. The molecule has 0 spiro atoms. The van der Waals surface area contributed by atoms with E-state index in [4.69, 9.17) is 11.6 Å². The molecule has 2 aromatic rings. The molecule has 1 saturated heterocycles. The maximum Gasteiger partial charge on any atom is 0.223 e. The van der Waals surface area contributed by atoms with Gasteiger partial charge >= 0.3 is 0 Å². The number of rotatable bonds is 4. The number of carbonyl (C=O) groups is 1. The van der Waals surface area contributed by atoms with Crippen LogP contribution in [0.25, 0.3) is 0 Å². The second-order valence-corrected chi connectivity index (χ2v) is 6.92. The number of carbonyl (C=O) groups excluding carboxylic acids is 1. The van der Waals surface area contributed by atoms with Crippen LogP contribution in [-0.4, -0.2) is 18.5 Å². The monoisotopic (exact) mass is 378 g/mol. The fourth-order valence-electron chi connectivity index (χ4n) is 3.29. The summed E-state index contributed by atoms with van der Waals surface area (Å²) in [6.07, 6.45) is 1.77. The molecule has 0 aromatic heterocycles. The molecule has 1 aliphatic rings. The highest BCUT2D eigenvalue weighted by Crippen LogP contribution is 2.25. The zero-order valence-electron chi connectivity index (χ0n) is 14.2. The van der Waals surface area contributed by atoms with Gasteiger partial charge in [-0.1, -0.05) is 54.1 Å². The van der Waals surface area contributed by atoms with E-state index in [0.717, 1.165) is 30.5 Å². The Balaban J connectivity index is 0.00000225. The molecule has 0 bridgehead atoms. The van der Waals surface area contributed by atoms with Crippen molar-refractivity contribution in [3.05, 3.63) is 70.7 Å². The molecule has 0 radical (unpaired) electrons. The first-order chi connectivity index (χ1) is 11.6. The van der Waals surface area contributed by atoms with Gasteiger partial charge in [0.2, 0.25) is 5.91 Å². The second kappa shape index (κ2) is 9.23. The van der Waals surface area contributed by atoms with E-state index in [1.54, 1.807) is 0 Å². The minimum Gasteiger partial charge on any atom is -0.345 e. The topological polar surface area (TPSA) is 41.1 Å². The average Bonchev–Trinajstić information content (AvgIpc) is 2.61. The van der Waals surface area contributed by atoms with Crippen LogP contribution in [0.3, 0.4) is 0 Å². The summed E-state index contributed by atoms with van der Waals surface area (Å²) in [7, 11) is 0. The minimum atomic E-state index is -0.152. The van der Waals surface area contributed by atoms with Crippen molar-refractivity contribution in [3.63, 3.8) is 0 Å². The first kappa shape index (κ1) is 19.8. The third kappa shape index (κ3) is 5.21. The smallest absolute Gasteiger partial charge is 0.223 e. The van der Waals surface area contributed by atoms with Gasteiger partial charge in [-0.2, -0.15) is 0 Å². The third-order valence-corrected chi connectivity index (χ3v) is 4.87. The van der Waals surface area contributed by atoms with Gasteiger partial charge in [0.05, 0.1) is 6.04 Å². The molecule has 5 heteroatoms. The molecular formula is C20H24Cl2N2O. The summed E-state index contributed by atoms with van der Waals surface area (Å²) in [6, 6.07) is 18.0. The van der Waals surface area contributed by atoms with E-state index in [-0.39, 0.29) is 30.3 Å². The summed E-state index contributed by atoms with van der Waals surface area (Å²) < 4.78 is 0. The van der Waals surface area contributed by atoms with Crippen molar-refractivity contribution in [2.24, 2.45) is 5.92 Å². The quantitative estimate of drug-likeness (QED) is 0.829. The number of nitrogens with one attached hydrogen (secondary N) is 2. The van der Waals surface area contributed by atoms with Crippen LogP contribution < -0.4 is 10.6 Å². The maximum absolute atomic E-state index is 12.8. The molecular weight excluding hydrogens is 355 g/mol. The van der Waals surface area contributed by atoms with E-state index in [1.165, 1.54) is 0 Å². The summed E-state index contributed by atoms with van der Waals surface area (Å²) in [6.45, 7) is 3.03. The molecule has 1 unspecified atom stereocenters. The van der Waals surface area contributed by atoms with Crippen molar-refractivity contribution >= 4 is 29.9 Å². The summed E-state index contributed by atoms with van der Waals surface area (Å²) in [5.41, 5.74) is 2.12. The van der Waals surface area contributed by atoms with Crippen molar-refractivity contribution in [1.29, 1.82) is 0 Å². The highest BCUT2D eigenvalue weighted by molar-refractivity contribution is 6.30. The summed E-state index contributed by atoms with van der Waals surface area (Å²) in [5, 5.41) is 7.34. The molecule has 3 rings (SSSR count). The number of amides is 1. The van der Waals surface area contributed by atoms with Crippen molar-refractivity contribution in [1.82, 2.24) is 10.6 Å². The van der Waals surface area contributed by atoms with E-state index in [1.807, 2.05) is 54.6 Å². The van der Waals surface area contributed by atoms with Gasteiger partial charge in [0.15, 0.2) is 0 Å². The Bertz CT molecular complexity index is 676. The maximum atomic E-state index is 12.8. The fraction of sp³-hybridized carbons (Fsp3) is 0.350. The SMILES string of the molecule is C[C@H]1C[C@@H](C(=O)NC(c2ccccc2)c2ccc(Cl)cc2)CCN1.Cl. The van der Waals surface area contributed by atoms with Crippen molar-refractivity contribution in [2.45, 2.75) is 31.8 Å². The van der Waals surface area contributed by atoms with Crippen molar-refractivity contribution in [3.8, 4) is 0 Å². The Kier molecular flexibility index (Phi) is 7.30. The summed E-state index contributed by atoms with van der Waals surface area (Å²) >= 11 is 6.01. The fourth-order valence-corrected chi connectivity index (χ4v) is 3.42. The molecule has 3 nitrogen and oxygen atoms in total. The lowest BCUT2D eigenvalue weighted by molar-refractivity contribution is -0.126. The van der Waals surface area contributed by atoms with Gasteiger partial charge in [0.25, 0.3) is 0 Å². The Labute approximate surface area is 160 Å². The van der Waals surface area contributed by atoms with Gasteiger partial charge in [-0.25, -0.2) is 0 Å². The van der Waals surface area contributed by atoms with Gasteiger partial charge in [-0.05, 0) is 49.6 Å². The lowest BCUT2D eigenvalue weighted by Crippen LogP contribution is -2.43. The Morgan fingerprint density at radius 1 is 1.12 bits per heavy atom. The van der Waals surface area contributed by atoms with Gasteiger partial charge in [-0.15, -0.1) is 12.4 Å². The van der Waals surface area contributed by atoms with E-state index in [0.29, 0.717) is 11.1 Å². The van der Waals surface area contributed by atoms with Crippen LogP contribution in [0.2, 0.25) is 5.02 Å². The standard InChI is InChI=1S/C20H23ClN2O.ClH/c1-14-13-17(11-12-22-14)20(24)23-19(15-5-3-2-4-6-15)16-7-9-18(21)10-8-16;/h2-10,14,17,19,22H,11-13H2,1H3,(H,23,24);1H/t14-,17-,19?;/m0./s1. The molecule has 3 atom stereocenters. The Morgan fingerprint density at radius 2 is 1.76 bits per heavy atom. The van der Waals surface area contributed by atoms with Gasteiger partial charge < -0.3 is 10.6 Å². The second-order valence-electron chi connectivity index (χ2n) is 6.48. The summed E-state index contributed by atoms with van der Waals surface area (Å²) in [4.78, 5) is 12.8. The van der Waals surface area contributed by atoms with E-state index < -0.39 is 0 Å². The van der Waals surface area contributed by atoms with Crippen LogP contribution in [0.4, 0.5) is 0 Å². The average molecular weight is 379 g/mol. The molecule has 0 saturated carbocycles. The zero-order chi connectivity index (χ0) is 16.9. The van der Waals surface area contributed by atoms with Gasteiger partial charge in [-0.3, -0.25) is 4.79 Å². The molecule has 1 aliphatic heterocycles. The van der Waals surface area contributed by atoms with Crippen LogP contribution in [-0.2, 0) is 4.79 Å². The number of benzene rings is 2. The largest absolute Gasteiger partial charge is 0.345 e. The van der Waals surface area contributed by atoms with Crippen LogP contribution in [0.15, 0.2) is 54.6 Å². The minimum absolute atomic E-state index is 0. The molecule has 1 fully saturated rings. The van der Waals surface area contributed by atoms with Crippen molar-refractivity contribution in [2.75, 3.05) is 6.54 Å². The highest BCUT2D eigenvalue weighted by Gasteiger charge is 2.27. The molecule has 2 N–H and O–H groups in total. The first-order valence-electron chi connectivity index (χ1n) is 8.47. The molecule has 2 aromatic carbocycles. The van der Waals surface area contributed by atoms with Crippen LogP contribution in [0.5, 0.6) is 0 Å². The number of hydrogen-bond donors (Lipinski definition) is 2. The van der Waals surface area contributed by atoms with Crippen LogP contribution >= 0.6 is 24.0 Å². The highest BCUT2D eigenvalue weighted by atomic mass is 35.5. The Morgan fingerprint density at radius 3 is 2.40 bits per heavy atom. The van der Waals surface area contributed by atoms with Crippen LogP contribution in [0, 0.1) is 5.92 Å². The molecule has 1 heterocycles. The summed E-state index contributed by atoms with van der Waals surface area (Å²) in [5.74, 6) is 0.201. The Hall–Kier alpha value is -1.55. The number of piperidine rings is 1. The molecule has 0 aliphatic carbocycles. The lowest BCUT2D eigenvalue weighted by atomic mass is 9.91. The van der Waals surface area contributed by atoms with Gasteiger partial charge in [0, 0.05) is 17.0 Å². The normalized spacial score (nSPS) is 21.0. The predicted octanol–water partition coefficient (Wildman–Crippen LogP) is 4.36. The third-order valence-electron chi connectivity index (χ3n) is 4.62. The number of hydrogen-bond acceptors (Lipinski definition) is 2. The number of halogens is 2. The molecule has 134 valence electrons. The molecule has 25 heavy (non-hydrogen) atoms. The van der Waals surface area contributed by atoms with E-state index in [9.17, 15) is 4.79 Å². The first-order valence-corrected chi connectivity index (χ1v) is 8.85. The van der Waals surface area contributed by atoms with E-state index in [2.05, 4.69) is 17.6 Å². The predicted molar refractivity (Wildman–Crippen MR) is 105 cm³/mol. The van der Waals surface area contributed by atoms with Gasteiger partial charge in [0.1, 0.15) is 0 Å². The van der Waals surface area contributed by atoms with Crippen molar-refractivity contribution < 1.29 is 4.79 Å². The van der Waals surface area contributed by atoms with Crippen LogP contribution in [0.1, 0.15) is 36.9 Å². The van der Waals surface area contributed by atoms with E-state index >= 15 is 0 Å². The lowest BCUT2D eigenvalue weighted by Gasteiger charge is -2.29.